The van der Waals surface area contributed by atoms with Gasteiger partial charge in [0.2, 0.25) is 0 Å². The lowest BCUT2D eigenvalue weighted by Crippen LogP contribution is -2.33. The van der Waals surface area contributed by atoms with Gasteiger partial charge in [0, 0.05) is 24.6 Å². The number of halogens is 1. The van der Waals surface area contributed by atoms with Crippen LogP contribution in [0, 0.1) is 11.3 Å². The van der Waals surface area contributed by atoms with E-state index in [1.807, 2.05) is 60.6 Å². The zero-order chi connectivity index (χ0) is 22.4. The third-order valence-corrected chi connectivity index (χ3v) is 7.14. The number of rotatable bonds is 8. The number of unbranched alkanes of at least 4 members (excludes halogenated alkanes) is 1. The number of allylic oxidation sites excluding steroid dienone is 1. The number of sulfone groups is 1. The minimum atomic E-state index is -3.29. The van der Waals surface area contributed by atoms with E-state index < -0.39 is 9.84 Å². The van der Waals surface area contributed by atoms with Gasteiger partial charge in [-0.1, -0.05) is 41.9 Å². The van der Waals surface area contributed by atoms with Gasteiger partial charge in [-0.05, 0) is 48.4 Å². The molecule has 0 saturated carbocycles. The Morgan fingerprint density at radius 3 is 2.65 bits per heavy atom. The molecule has 31 heavy (non-hydrogen) atoms. The zero-order valence-electron chi connectivity index (χ0n) is 17.2. The van der Waals surface area contributed by atoms with Crippen LogP contribution in [0.1, 0.15) is 17.7 Å². The van der Waals surface area contributed by atoms with Crippen molar-refractivity contribution in [2.75, 3.05) is 18.3 Å². The van der Waals surface area contributed by atoms with E-state index in [2.05, 4.69) is 11.5 Å². The maximum atomic E-state index is 11.9. The third kappa shape index (κ3) is 5.54. The van der Waals surface area contributed by atoms with Crippen molar-refractivity contribution in [3.8, 4) is 16.5 Å². The number of hydrogen-bond acceptors (Lipinski definition) is 6. The SMILES string of the molecule is CNN(/C(=C\CCC#N)c1ccc(-c2cccc(S(C)(=O)=O)c2)s1)c1ccccc1Cl. The predicted molar refractivity (Wildman–Crippen MR) is 129 cm³/mol. The molecule has 3 rings (SSSR count). The topological polar surface area (TPSA) is 73.2 Å². The van der Waals surface area contributed by atoms with Crippen molar-refractivity contribution in [1.82, 2.24) is 5.43 Å². The van der Waals surface area contributed by atoms with Crippen molar-refractivity contribution in [2.45, 2.75) is 17.7 Å². The van der Waals surface area contributed by atoms with E-state index in [-0.39, 0.29) is 4.90 Å². The summed E-state index contributed by atoms with van der Waals surface area (Å²) in [7, 11) is -1.48. The molecule has 5 nitrogen and oxygen atoms in total. The Bertz CT molecular complexity index is 1240. The number of thiophene rings is 1. The molecular weight excluding hydrogens is 450 g/mol. The lowest BCUT2D eigenvalue weighted by Gasteiger charge is -2.27. The fourth-order valence-electron chi connectivity index (χ4n) is 3.09. The van der Waals surface area contributed by atoms with Crippen molar-refractivity contribution < 1.29 is 8.42 Å². The molecule has 1 aromatic heterocycles. The number of hydrogen-bond donors (Lipinski definition) is 1. The van der Waals surface area contributed by atoms with Crippen LogP contribution in [0.2, 0.25) is 5.02 Å². The van der Waals surface area contributed by atoms with Gasteiger partial charge in [0.15, 0.2) is 9.84 Å². The molecular formula is C23H22ClN3O2S2. The average Bonchev–Trinajstić information content (AvgIpc) is 3.24. The largest absolute Gasteiger partial charge is 0.275 e. The first-order valence-corrected chi connectivity index (χ1v) is 12.6. The number of nitrogens with one attached hydrogen (secondary N) is 1. The molecule has 3 aromatic rings. The van der Waals surface area contributed by atoms with Crippen molar-refractivity contribution >= 4 is 44.2 Å². The van der Waals surface area contributed by atoms with Crippen LogP contribution in [0.25, 0.3) is 16.1 Å². The molecule has 0 atom stereocenters. The van der Waals surface area contributed by atoms with E-state index in [1.165, 1.54) is 6.26 Å². The minimum Gasteiger partial charge on any atom is -0.275 e. The van der Waals surface area contributed by atoms with Crippen LogP contribution in [0.5, 0.6) is 0 Å². The van der Waals surface area contributed by atoms with E-state index in [1.54, 1.807) is 29.5 Å². The van der Waals surface area contributed by atoms with Gasteiger partial charge in [-0.2, -0.15) is 5.26 Å². The molecule has 0 unspecified atom stereocenters. The van der Waals surface area contributed by atoms with Crippen LogP contribution in [0.15, 0.2) is 71.6 Å². The molecule has 0 saturated heterocycles. The summed E-state index contributed by atoms with van der Waals surface area (Å²) >= 11 is 7.98. The van der Waals surface area contributed by atoms with Gasteiger partial charge in [-0.15, -0.1) is 11.3 Å². The van der Waals surface area contributed by atoms with Crippen LogP contribution >= 0.6 is 22.9 Å². The molecule has 0 aliphatic carbocycles. The van der Waals surface area contributed by atoms with Crippen LogP contribution in [0.4, 0.5) is 5.69 Å². The Balaban J connectivity index is 2.04. The highest BCUT2D eigenvalue weighted by Gasteiger charge is 2.18. The van der Waals surface area contributed by atoms with Crippen molar-refractivity contribution in [1.29, 1.82) is 5.26 Å². The molecule has 0 amide bonds. The predicted octanol–water partition coefficient (Wildman–Crippen LogP) is 5.76. The summed E-state index contributed by atoms with van der Waals surface area (Å²) in [6, 6.07) is 20.6. The molecule has 0 aliphatic rings. The molecule has 2 aromatic carbocycles. The fourth-order valence-corrected chi connectivity index (χ4v) is 5.01. The summed E-state index contributed by atoms with van der Waals surface area (Å²) in [5.74, 6) is 0. The highest BCUT2D eigenvalue weighted by atomic mass is 35.5. The van der Waals surface area contributed by atoms with E-state index in [0.29, 0.717) is 17.9 Å². The van der Waals surface area contributed by atoms with Gasteiger partial charge in [-0.25, -0.2) is 13.8 Å². The summed E-state index contributed by atoms with van der Waals surface area (Å²) in [4.78, 5) is 2.20. The molecule has 0 fully saturated rings. The average molecular weight is 472 g/mol. The fraction of sp³-hybridized carbons (Fsp3) is 0.174. The molecule has 0 bridgehead atoms. The molecule has 1 heterocycles. The quantitative estimate of drug-likeness (QED) is 0.334. The maximum Gasteiger partial charge on any atom is 0.175 e. The normalized spacial score (nSPS) is 11.9. The summed E-state index contributed by atoms with van der Waals surface area (Å²) in [6.07, 6.45) is 4.20. The smallest absolute Gasteiger partial charge is 0.175 e. The first-order chi connectivity index (χ1) is 14.8. The van der Waals surface area contributed by atoms with E-state index in [9.17, 15) is 8.42 Å². The number of hydrazine groups is 1. The number of para-hydroxylation sites is 1. The van der Waals surface area contributed by atoms with Gasteiger partial charge < -0.3 is 0 Å². The van der Waals surface area contributed by atoms with Crippen molar-refractivity contribution in [3.63, 3.8) is 0 Å². The number of nitriles is 1. The monoisotopic (exact) mass is 471 g/mol. The summed E-state index contributed by atoms with van der Waals surface area (Å²) in [6.45, 7) is 0. The van der Waals surface area contributed by atoms with E-state index in [0.717, 1.165) is 26.7 Å². The summed E-state index contributed by atoms with van der Waals surface area (Å²) in [5, 5.41) is 11.5. The van der Waals surface area contributed by atoms with E-state index in [4.69, 9.17) is 16.9 Å². The Hall–Kier alpha value is -2.63. The number of anilines is 1. The molecule has 0 aliphatic heterocycles. The second kappa shape index (κ2) is 10.1. The lowest BCUT2D eigenvalue weighted by atomic mass is 10.2. The van der Waals surface area contributed by atoms with Gasteiger partial charge in [0.05, 0.1) is 32.2 Å². The second-order valence-electron chi connectivity index (χ2n) is 6.76. The Morgan fingerprint density at radius 2 is 1.97 bits per heavy atom. The molecule has 1 N–H and O–H groups in total. The number of benzene rings is 2. The summed E-state index contributed by atoms with van der Waals surface area (Å²) in [5.41, 5.74) is 5.70. The molecule has 0 spiro atoms. The van der Waals surface area contributed by atoms with Gasteiger partial charge in [0.25, 0.3) is 0 Å². The summed E-state index contributed by atoms with van der Waals surface area (Å²) < 4.78 is 23.9. The minimum absolute atomic E-state index is 0.289. The van der Waals surface area contributed by atoms with Crippen LogP contribution in [-0.4, -0.2) is 21.7 Å². The molecule has 160 valence electrons. The zero-order valence-corrected chi connectivity index (χ0v) is 19.6. The second-order valence-corrected chi connectivity index (χ2v) is 10.3. The standard InChI is InChI=1S/C23H22ClN3O2S2/c1-26-27(20-11-4-3-10-19(20)24)21(12-5-6-15-25)23-14-13-22(30-23)17-8-7-9-18(16-17)31(2,28)29/h3-4,7-14,16,26H,5-6H2,1-2H3/b21-12-. The van der Waals surface area contributed by atoms with Crippen LogP contribution < -0.4 is 10.4 Å². The van der Waals surface area contributed by atoms with Crippen LogP contribution in [-0.2, 0) is 9.84 Å². The van der Waals surface area contributed by atoms with Crippen molar-refractivity contribution in [3.05, 3.63) is 76.6 Å². The lowest BCUT2D eigenvalue weighted by molar-refractivity contribution is 0.602. The Morgan fingerprint density at radius 1 is 1.19 bits per heavy atom. The first kappa shape index (κ1) is 23.0. The first-order valence-electron chi connectivity index (χ1n) is 9.55. The Kier molecular flexibility index (Phi) is 7.52. The highest BCUT2D eigenvalue weighted by molar-refractivity contribution is 7.90. The van der Waals surface area contributed by atoms with Crippen molar-refractivity contribution in [2.24, 2.45) is 0 Å². The highest BCUT2D eigenvalue weighted by Crippen LogP contribution is 2.37. The van der Waals surface area contributed by atoms with Gasteiger partial charge in [0.1, 0.15) is 0 Å². The Labute approximate surface area is 192 Å². The van der Waals surface area contributed by atoms with Gasteiger partial charge in [-0.3, -0.25) is 5.01 Å². The van der Waals surface area contributed by atoms with Crippen LogP contribution in [0.3, 0.4) is 0 Å². The third-order valence-electron chi connectivity index (χ3n) is 4.56. The molecule has 0 radical (unpaired) electrons. The van der Waals surface area contributed by atoms with E-state index >= 15 is 0 Å². The maximum absolute atomic E-state index is 11.9. The van der Waals surface area contributed by atoms with Gasteiger partial charge >= 0.3 is 0 Å². The molecule has 8 heteroatoms. The number of nitrogens with zero attached hydrogens (tertiary/aromatic N) is 2.